The molecule has 44 heavy (non-hydrogen) atoms. The molecule has 11 nitrogen and oxygen atoms in total. The van der Waals surface area contributed by atoms with Crippen LogP contribution in [0.2, 0.25) is 0 Å². The molecule has 2 aliphatic carbocycles. The average molecular weight is 610 g/mol. The number of hydrogen-bond donors (Lipinski definition) is 1. The van der Waals surface area contributed by atoms with E-state index in [2.05, 4.69) is 5.32 Å². The first kappa shape index (κ1) is 29.1. The maximum Gasteiger partial charge on any atom is 0.351 e. The van der Waals surface area contributed by atoms with Crippen molar-refractivity contribution in [3.05, 3.63) is 23.3 Å². The second-order valence-corrected chi connectivity index (χ2v) is 15.1. The molecule has 7 rings (SSSR count). The number of anilines is 1. The predicted octanol–water partition coefficient (Wildman–Crippen LogP) is 4.26. The van der Waals surface area contributed by atoms with E-state index in [1.165, 1.54) is 0 Å². The first-order chi connectivity index (χ1) is 20.5. The molecule has 0 spiro atoms. The van der Waals surface area contributed by atoms with Gasteiger partial charge in [0, 0.05) is 16.5 Å². The predicted molar refractivity (Wildman–Crippen MR) is 152 cm³/mol. The number of carbonyl (C=O) groups is 5. The Morgan fingerprint density at radius 2 is 1.39 bits per heavy atom. The Balaban J connectivity index is 1.34. The Bertz CT molecular complexity index is 1540. The number of ether oxygens (including phenoxy) is 5. The summed E-state index contributed by atoms with van der Waals surface area (Å²) >= 11 is 0. The highest BCUT2D eigenvalue weighted by molar-refractivity contribution is 5.93. The summed E-state index contributed by atoms with van der Waals surface area (Å²) in [6.07, 6.45) is -0.603. The van der Waals surface area contributed by atoms with Crippen LogP contribution in [-0.4, -0.2) is 52.7 Å². The topological polar surface area (TPSA) is 144 Å². The van der Waals surface area contributed by atoms with Gasteiger partial charge in [-0.15, -0.1) is 0 Å². The molecule has 1 aromatic rings. The second-order valence-electron chi connectivity index (χ2n) is 15.1. The second kappa shape index (κ2) is 8.75. The molecule has 6 aliphatic rings. The minimum atomic E-state index is -1.52. The van der Waals surface area contributed by atoms with Crippen molar-refractivity contribution in [2.75, 3.05) is 5.32 Å². The van der Waals surface area contributed by atoms with Crippen molar-refractivity contribution < 1.29 is 47.7 Å². The Labute approximate surface area is 255 Å². The van der Waals surface area contributed by atoms with E-state index in [1.807, 2.05) is 60.6 Å². The van der Waals surface area contributed by atoms with Gasteiger partial charge >= 0.3 is 29.8 Å². The fourth-order valence-electron chi connectivity index (χ4n) is 8.84. The van der Waals surface area contributed by atoms with Crippen LogP contribution in [0.1, 0.15) is 104 Å². The molecular formula is C33H39NO10. The van der Waals surface area contributed by atoms with Crippen molar-refractivity contribution in [2.24, 2.45) is 22.7 Å². The lowest BCUT2D eigenvalue weighted by molar-refractivity contribution is -0.206. The number of hydrogen-bond acceptors (Lipinski definition) is 11. The first-order valence-corrected chi connectivity index (χ1v) is 15.5. The standard InChI is InChI=1S/C33H39NO10/c1-15-14-20(35)40-22-16(15)8-9-19-21(22)23(41-27(38)32-12-10-17(25(36)43-32)29(32,2)3)24(31(6,7)34-19)42-28(39)33-13-11-18(26(37)44-33)30(33,4)5/h8-9,15,17-18,23-24,34H,10-14H2,1-7H3/t15?,17?,18?,23-,24-,32?,33?/m1/s1. The lowest BCUT2D eigenvalue weighted by atomic mass is 9.74. The minimum Gasteiger partial charge on any atom is -0.453 e. The number of rotatable bonds is 4. The number of fused-ring (bicyclic) bond motifs is 7. The van der Waals surface area contributed by atoms with E-state index in [-0.39, 0.29) is 18.1 Å². The van der Waals surface area contributed by atoms with E-state index in [4.69, 9.17) is 23.7 Å². The lowest BCUT2D eigenvalue weighted by Gasteiger charge is -2.47. The first-order valence-electron chi connectivity index (χ1n) is 15.5. The molecule has 11 heteroatoms. The molecule has 7 atom stereocenters. The van der Waals surface area contributed by atoms with Crippen molar-refractivity contribution in [2.45, 2.75) is 115 Å². The van der Waals surface area contributed by atoms with Crippen LogP contribution in [0.25, 0.3) is 0 Å². The fourth-order valence-corrected chi connectivity index (χ4v) is 8.84. The van der Waals surface area contributed by atoms with E-state index in [9.17, 15) is 24.0 Å². The Morgan fingerprint density at radius 3 is 1.89 bits per heavy atom. The van der Waals surface area contributed by atoms with E-state index < -0.39 is 81.5 Å². The van der Waals surface area contributed by atoms with Gasteiger partial charge in [-0.1, -0.05) is 40.7 Å². The summed E-state index contributed by atoms with van der Waals surface area (Å²) in [4.78, 5) is 66.6. The number of carbonyl (C=O) groups excluding carboxylic acids is 5. The summed E-state index contributed by atoms with van der Waals surface area (Å²) in [5.41, 5.74) is -3.97. The number of esters is 5. The molecule has 1 N–H and O–H groups in total. The minimum absolute atomic E-state index is 0.166. The SMILES string of the molecule is CC1CC(=O)Oc2c1ccc1c2[C@@H](OC(=O)C23CCC(C(=O)O2)C3(C)C)[C@@H](OC(=O)C23CCC(C(=O)O2)C3(C)C)C(C)(C)N1. The summed E-state index contributed by atoms with van der Waals surface area (Å²) in [5, 5.41) is 3.41. The van der Waals surface area contributed by atoms with Crippen LogP contribution in [0, 0.1) is 22.7 Å². The van der Waals surface area contributed by atoms with Crippen LogP contribution in [-0.2, 0) is 42.9 Å². The van der Waals surface area contributed by atoms with E-state index in [1.54, 1.807) is 0 Å². The molecule has 4 fully saturated rings. The highest BCUT2D eigenvalue weighted by atomic mass is 16.6. The molecule has 4 heterocycles. The summed E-state index contributed by atoms with van der Waals surface area (Å²) in [7, 11) is 0. The molecular weight excluding hydrogens is 570 g/mol. The van der Waals surface area contributed by atoms with Crippen LogP contribution in [0.3, 0.4) is 0 Å². The van der Waals surface area contributed by atoms with Gasteiger partial charge in [-0.3, -0.25) is 14.4 Å². The lowest BCUT2D eigenvalue weighted by Crippen LogP contribution is -2.58. The number of nitrogens with one attached hydrogen (secondary N) is 1. The molecule has 5 unspecified atom stereocenters. The molecule has 2 saturated carbocycles. The quantitative estimate of drug-likeness (QED) is 0.297. The van der Waals surface area contributed by atoms with Gasteiger partial charge in [-0.2, -0.15) is 0 Å². The third-order valence-corrected chi connectivity index (χ3v) is 11.8. The molecule has 4 bridgehead atoms. The van der Waals surface area contributed by atoms with Gasteiger partial charge in [0.15, 0.2) is 12.2 Å². The van der Waals surface area contributed by atoms with Gasteiger partial charge in [0.2, 0.25) is 11.2 Å². The van der Waals surface area contributed by atoms with Gasteiger partial charge < -0.3 is 29.0 Å². The zero-order chi connectivity index (χ0) is 31.8. The van der Waals surface area contributed by atoms with E-state index >= 15 is 0 Å². The number of benzene rings is 1. The molecule has 0 aromatic heterocycles. The summed E-state index contributed by atoms with van der Waals surface area (Å²) in [6.45, 7) is 12.8. The van der Waals surface area contributed by atoms with Crippen LogP contribution < -0.4 is 10.1 Å². The molecule has 236 valence electrons. The highest BCUT2D eigenvalue weighted by Gasteiger charge is 2.73. The summed E-state index contributed by atoms with van der Waals surface area (Å²) in [5.74, 6) is -3.54. The fraction of sp³-hybridized carbons (Fsp3) is 0.667. The van der Waals surface area contributed by atoms with Gasteiger partial charge in [-0.25, -0.2) is 9.59 Å². The van der Waals surface area contributed by atoms with Crippen LogP contribution >= 0.6 is 0 Å². The van der Waals surface area contributed by atoms with Gasteiger partial charge in [0.05, 0.1) is 29.4 Å². The molecule has 4 aliphatic heterocycles. The molecule has 2 saturated heterocycles. The van der Waals surface area contributed by atoms with E-state index in [0.29, 0.717) is 36.9 Å². The van der Waals surface area contributed by atoms with Gasteiger partial charge in [0.25, 0.3) is 0 Å². The molecule has 0 amide bonds. The van der Waals surface area contributed by atoms with Gasteiger partial charge in [0.1, 0.15) is 5.75 Å². The maximum atomic E-state index is 14.3. The van der Waals surface area contributed by atoms with Crippen molar-refractivity contribution in [3.63, 3.8) is 0 Å². The molecule has 0 radical (unpaired) electrons. The molecule has 1 aromatic carbocycles. The van der Waals surface area contributed by atoms with Crippen molar-refractivity contribution in [1.29, 1.82) is 0 Å². The van der Waals surface area contributed by atoms with Crippen molar-refractivity contribution in [3.8, 4) is 5.75 Å². The monoisotopic (exact) mass is 609 g/mol. The highest BCUT2D eigenvalue weighted by Crippen LogP contribution is 2.61. The zero-order valence-electron chi connectivity index (χ0n) is 26.2. The third kappa shape index (κ3) is 3.46. The van der Waals surface area contributed by atoms with Crippen molar-refractivity contribution in [1.82, 2.24) is 0 Å². The summed E-state index contributed by atoms with van der Waals surface area (Å²) < 4.78 is 30.0. The van der Waals surface area contributed by atoms with E-state index in [0.717, 1.165) is 5.56 Å². The van der Waals surface area contributed by atoms with Gasteiger partial charge in [-0.05, 0) is 57.1 Å². The maximum absolute atomic E-state index is 14.3. The van der Waals surface area contributed by atoms with Crippen LogP contribution in [0.4, 0.5) is 5.69 Å². The largest absolute Gasteiger partial charge is 0.453 e. The zero-order valence-corrected chi connectivity index (χ0v) is 26.2. The van der Waals surface area contributed by atoms with Crippen molar-refractivity contribution >= 4 is 35.5 Å². The Kier molecular flexibility index (Phi) is 5.79. The Morgan fingerprint density at radius 1 is 0.841 bits per heavy atom. The van der Waals surface area contributed by atoms with Crippen LogP contribution in [0.5, 0.6) is 5.75 Å². The summed E-state index contributed by atoms with van der Waals surface area (Å²) in [6, 6.07) is 3.72. The third-order valence-electron chi connectivity index (χ3n) is 11.8. The normalized spacial score (nSPS) is 38.1. The Hall–Kier alpha value is -3.63. The smallest absolute Gasteiger partial charge is 0.351 e. The van der Waals surface area contributed by atoms with Crippen LogP contribution in [0.15, 0.2) is 12.1 Å². The average Bonchev–Trinajstić information content (AvgIpc) is 3.49.